The molecule has 1 aliphatic heterocycles. The van der Waals surface area contributed by atoms with Crippen LogP contribution < -0.4 is 0 Å². The quantitative estimate of drug-likeness (QED) is 0.615. The first-order valence-corrected chi connectivity index (χ1v) is 8.10. The monoisotopic (exact) mass is 310 g/mol. The topological polar surface area (TPSA) is 84.4 Å². The first-order valence-electron chi connectivity index (χ1n) is 8.10. The van der Waals surface area contributed by atoms with E-state index in [9.17, 15) is 15.2 Å². The highest BCUT2D eigenvalue weighted by Crippen LogP contribution is 2.26. The summed E-state index contributed by atoms with van der Waals surface area (Å²) in [5.74, 6) is 0.659. The van der Waals surface area contributed by atoms with Crippen LogP contribution in [0.25, 0.3) is 0 Å². The number of piperidine rings is 1. The average molecular weight is 310 g/mol. The molecule has 0 aromatic carbocycles. The molecule has 0 saturated carbocycles. The lowest BCUT2D eigenvalue weighted by Gasteiger charge is -2.41. The van der Waals surface area contributed by atoms with Crippen molar-refractivity contribution in [3.63, 3.8) is 0 Å². The highest BCUT2D eigenvalue weighted by atomic mass is 16.6. The van der Waals surface area contributed by atoms with Gasteiger partial charge in [-0.3, -0.25) is 19.7 Å². The average Bonchev–Trinajstić information content (AvgIpc) is 2.91. The van der Waals surface area contributed by atoms with Crippen LogP contribution >= 0.6 is 0 Å². The maximum absolute atomic E-state index is 10.6. The minimum Gasteiger partial charge on any atom is -0.390 e. The Morgan fingerprint density at radius 2 is 2.32 bits per heavy atom. The van der Waals surface area contributed by atoms with E-state index in [4.69, 9.17) is 0 Å². The van der Waals surface area contributed by atoms with Gasteiger partial charge in [-0.05, 0) is 31.7 Å². The van der Waals surface area contributed by atoms with Crippen molar-refractivity contribution in [2.45, 2.75) is 58.2 Å². The minimum absolute atomic E-state index is 0.0392. The van der Waals surface area contributed by atoms with Crippen LogP contribution in [0, 0.1) is 16.0 Å². The van der Waals surface area contributed by atoms with E-state index in [0.29, 0.717) is 18.5 Å². The molecule has 1 aliphatic rings. The van der Waals surface area contributed by atoms with Crippen LogP contribution in [-0.4, -0.2) is 49.9 Å². The molecule has 2 rings (SSSR count). The lowest BCUT2D eigenvalue weighted by molar-refractivity contribution is -0.385. The number of nitrogens with zero attached hydrogens (tertiary/aromatic N) is 4. The molecular formula is C15H26N4O3. The molecule has 1 saturated heterocycles. The van der Waals surface area contributed by atoms with E-state index >= 15 is 0 Å². The summed E-state index contributed by atoms with van der Waals surface area (Å²) in [6.07, 6.45) is 6.74. The molecule has 0 spiro atoms. The zero-order valence-corrected chi connectivity index (χ0v) is 13.4. The van der Waals surface area contributed by atoms with Crippen LogP contribution in [0.5, 0.6) is 0 Å². The summed E-state index contributed by atoms with van der Waals surface area (Å²) in [5, 5.41) is 24.9. The highest BCUT2D eigenvalue weighted by molar-refractivity contribution is 5.20. The predicted octanol–water partition coefficient (Wildman–Crippen LogP) is 2.05. The van der Waals surface area contributed by atoms with Gasteiger partial charge in [0.1, 0.15) is 12.4 Å². The molecular weight excluding hydrogens is 284 g/mol. The van der Waals surface area contributed by atoms with Crippen molar-refractivity contribution in [2.75, 3.05) is 13.1 Å². The van der Waals surface area contributed by atoms with Crippen LogP contribution in [-0.2, 0) is 6.54 Å². The van der Waals surface area contributed by atoms with Gasteiger partial charge in [0.25, 0.3) is 0 Å². The van der Waals surface area contributed by atoms with Crippen molar-refractivity contribution in [3.05, 3.63) is 22.5 Å². The lowest BCUT2D eigenvalue weighted by Crippen LogP contribution is -2.48. The van der Waals surface area contributed by atoms with Gasteiger partial charge in [0, 0.05) is 12.6 Å². The third kappa shape index (κ3) is 4.27. The Bertz CT molecular complexity index is 491. The summed E-state index contributed by atoms with van der Waals surface area (Å²) in [7, 11) is 0. The van der Waals surface area contributed by atoms with Gasteiger partial charge in [0.2, 0.25) is 0 Å². The molecule has 0 bridgehead atoms. The van der Waals surface area contributed by atoms with E-state index in [2.05, 4.69) is 23.8 Å². The van der Waals surface area contributed by atoms with Crippen LogP contribution in [0.4, 0.5) is 5.69 Å². The summed E-state index contributed by atoms with van der Waals surface area (Å²) in [6, 6.07) is 0.528. The van der Waals surface area contributed by atoms with E-state index in [-0.39, 0.29) is 12.2 Å². The van der Waals surface area contributed by atoms with E-state index in [1.54, 1.807) is 0 Å². The van der Waals surface area contributed by atoms with Gasteiger partial charge in [0.05, 0.1) is 17.6 Å². The SMILES string of the molecule is CCCC1C(C)CCCN1CC(O)Cn1cc([N+](=O)[O-])cn1. The molecule has 0 radical (unpaired) electrons. The highest BCUT2D eigenvalue weighted by Gasteiger charge is 2.29. The molecule has 1 N–H and O–H groups in total. The standard InChI is InChI=1S/C15H26N4O3/c1-3-5-15-12(2)6-4-7-17(15)10-14(20)11-18-9-13(8-16-18)19(21)22/h8-9,12,14-15,20H,3-7,10-11H2,1-2H3. The summed E-state index contributed by atoms with van der Waals surface area (Å²) in [6.45, 7) is 6.39. The number of β-amino-alcohol motifs (C(OH)–C–C–N with tert-alkyl or cyclic N) is 1. The lowest BCUT2D eigenvalue weighted by atomic mass is 9.88. The Morgan fingerprint density at radius 1 is 1.55 bits per heavy atom. The summed E-state index contributed by atoms with van der Waals surface area (Å²) >= 11 is 0. The fraction of sp³-hybridized carbons (Fsp3) is 0.800. The third-order valence-corrected chi connectivity index (χ3v) is 4.49. The first-order chi connectivity index (χ1) is 10.5. The maximum Gasteiger partial charge on any atom is 0.306 e. The van der Waals surface area contributed by atoms with Gasteiger partial charge in [0.15, 0.2) is 0 Å². The number of hydrogen-bond donors (Lipinski definition) is 1. The number of aliphatic hydroxyl groups excluding tert-OH is 1. The number of likely N-dealkylation sites (tertiary alicyclic amines) is 1. The van der Waals surface area contributed by atoms with Crippen molar-refractivity contribution >= 4 is 5.69 Å². The van der Waals surface area contributed by atoms with Gasteiger partial charge in [-0.1, -0.05) is 20.3 Å². The number of nitro groups is 1. The van der Waals surface area contributed by atoms with Gasteiger partial charge >= 0.3 is 5.69 Å². The van der Waals surface area contributed by atoms with Crippen LogP contribution in [0.15, 0.2) is 12.4 Å². The second-order valence-corrected chi connectivity index (χ2v) is 6.30. The third-order valence-electron chi connectivity index (χ3n) is 4.49. The number of rotatable bonds is 7. The first kappa shape index (κ1) is 16.9. The molecule has 2 heterocycles. The van der Waals surface area contributed by atoms with E-state index < -0.39 is 11.0 Å². The molecule has 3 unspecified atom stereocenters. The van der Waals surface area contributed by atoms with Gasteiger partial charge in [-0.15, -0.1) is 0 Å². The smallest absolute Gasteiger partial charge is 0.306 e. The Hall–Kier alpha value is -1.47. The Kier molecular flexibility index (Phi) is 5.90. The van der Waals surface area contributed by atoms with Crippen molar-refractivity contribution in [1.29, 1.82) is 0 Å². The van der Waals surface area contributed by atoms with Gasteiger partial charge in [-0.25, -0.2) is 0 Å². The van der Waals surface area contributed by atoms with Crippen molar-refractivity contribution in [1.82, 2.24) is 14.7 Å². The molecule has 7 heteroatoms. The van der Waals surface area contributed by atoms with Gasteiger partial charge < -0.3 is 5.11 Å². The zero-order valence-electron chi connectivity index (χ0n) is 13.4. The van der Waals surface area contributed by atoms with Crippen molar-refractivity contribution < 1.29 is 10.0 Å². The van der Waals surface area contributed by atoms with E-state index in [0.717, 1.165) is 19.4 Å². The molecule has 0 amide bonds. The van der Waals surface area contributed by atoms with Crippen LogP contribution in [0.3, 0.4) is 0 Å². The Morgan fingerprint density at radius 3 is 2.95 bits per heavy atom. The number of hydrogen-bond acceptors (Lipinski definition) is 5. The molecule has 3 atom stereocenters. The van der Waals surface area contributed by atoms with Crippen LogP contribution in [0.1, 0.15) is 39.5 Å². The summed E-state index contributed by atoms with van der Waals surface area (Å²) in [5.41, 5.74) is -0.0392. The van der Waals surface area contributed by atoms with Crippen molar-refractivity contribution in [2.24, 2.45) is 5.92 Å². The second kappa shape index (κ2) is 7.69. The largest absolute Gasteiger partial charge is 0.390 e. The maximum atomic E-state index is 10.6. The molecule has 22 heavy (non-hydrogen) atoms. The minimum atomic E-state index is -0.566. The summed E-state index contributed by atoms with van der Waals surface area (Å²) in [4.78, 5) is 12.6. The molecule has 7 nitrogen and oxygen atoms in total. The molecule has 1 aromatic rings. The van der Waals surface area contributed by atoms with E-state index in [1.807, 2.05) is 0 Å². The van der Waals surface area contributed by atoms with Gasteiger partial charge in [-0.2, -0.15) is 5.10 Å². The van der Waals surface area contributed by atoms with E-state index in [1.165, 1.54) is 29.9 Å². The van der Waals surface area contributed by atoms with Crippen molar-refractivity contribution in [3.8, 4) is 0 Å². The predicted molar refractivity (Wildman–Crippen MR) is 83.6 cm³/mol. The Labute approximate surface area is 131 Å². The zero-order chi connectivity index (χ0) is 16.1. The molecule has 1 aromatic heterocycles. The normalized spacial score (nSPS) is 24.3. The molecule has 0 aliphatic carbocycles. The fourth-order valence-corrected chi connectivity index (χ4v) is 3.42. The Balaban J connectivity index is 1.91. The second-order valence-electron chi connectivity index (χ2n) is 6.30. The molecule has 1 fully saturated rings. The number of aliphatic hydroxyl groups is 1. The summed E-state index contributed by atoms with van der Waals surface area (Å²) < 4.78 is 1.45. The fourth-order valence-electron chi connectivity index (χ4n) is 3.42. The number of aromatic nitrogens is 2. The van der Waals surface area contributed by atoms with Crippen LogP contribution in [0.2, 0.25) is 0 Å². The molecule has 124 valence electrons.